The molecule has 0 saturated heterocycles. The molecule has 10 aromatic heterocycles. The Morgan fingerprint density at radius 3 is 1.07 bits per heavy atom. The predicted octanol–water partition coefficient (Wildman–Crippen LogP) is 19.5. The van der Waals surface area contributed by atoms with Crippen molar-refractivity contribution < 1.29 is 0 Å². The van der Waals surface area contributed by atoms with Crippen LogP contribution in [-0.4, -0.2) is 49.8 Å². The minimum absolute atomic E-state index is 0.964. The normalized spacial score (nSPS) is 9.21. The summed E-state index contributed by atoms with van der Waals surface area (Å²) in [5.74, 6) is 0. The summed E-state index contributed by atoms with van der Waals surface area (Å²) in [4.78, 5) is 41.9. The van der Waals surface area contributed by atoms with Crippen LogP contribution in [0, 0.1) is 13.8 Å². The molecule has 0 saturated carbocycles. The average Bonchev–Trinajstić information content (AvgIpc) is 3.59. The van der Waals surface area contributed by atoms with Crippen LogP contribution >= 0.6 is 0 Å². The molecule has 0 aliphatic carbocycles. The summed E-state index contributed by atoms with van der Waals surface area (Å²) in [5, 5.41) is 0. The molecule has 10 heterocycles. The standard InChI is InChI=1S/C16H20N2.C13H14N2.C12H12N2.2C10H8N2.5C2H6/c1-2-3-4-5-7-14-9-10-16(18-12-14)15-8-6-11-17-13-15;1-2-4-13-7-6-12(10-15-13)11-5-3-8-14-9-11;1-9-6-12(14-7-10(9)2)11-4-3-5-13-8-11;1-3-9(7-11-5-1)10-4-2-6-12-8-10;1-2-7-12-10(5-1)9-4-3-6-11-8-9;5*1-2/h6,8-13H,2-5,7H2,1H3;3,5-10H,2,4H2,1H3;3-8H,1-2H3;2*1-8H;5*1-2H3. The Balaban J connectivity index is 0.000000489. The molecular formula is C71H92N10. The second-order valence-corrected chi connectivity index (χ2v) is 16.5. The summed E-state index contributed by atoms with van der Waals surface area (Å²) in [6, 6.07) is 40.1. The van der Waals surface area contributed by atoms with E-state index in [2.05, 4.69) is 108 Å². The number of nitrogens with zero attached hydrogens (tertiary/aromatic N) is 10. The van der Waals surface area contributed by atoms with Gasteiger partial charge in [-0.05, 0) is 135 Å². The third kappa shape index (κ3) is 28.8. The van der Waals surface area contributed by atoms with Crippen molar-refractivity contribution in [1.82, 2.24) is 49.8 Å². The van der Waals surface area contributed by atoms with E-state index in [1.807, 2.05) is 216 Å². The molecule has 0 unspecified atom stereocenters. The number of aryl methyl sites for hydroxylation is 4. The van der Waals surface area contributed by atoms with E-state index in [0.717, 1.165) is 81.0 Å². The van der Waals surface area contributed by atoms with Crippen molar-refractivity contribution >= 4 is 0 Å². The van der Waals surface area contributed by atoms with Crippen LogP contribution in [0.25, 0.3) is 56.0 Å². The van der Waals surface area contributed by atoms with Gasteiger partial charge in [0.25, 0.3) is 0 Å². The molecule has 0 radical (unpaired) electrons. The fourth-order valence-electron chi connectivity index (χ4n) is 6.96. The fraction of sp³-hybridized carbons (Fsp3) is 0.296. The predicted molar refractivity (Wildman–Crippen MR) is 345 cm³/mol. The van der Waals surface area contributed by atoms with E-state index in [-0.39, 0.29) is 0 Å². The highest BCUT2D eigenvalue weighted by atomic mass is 14.7. The lowest BCUT2D eigenvalue weighted by Gasteiger charge is -2.03. The van der Waals surface area contributed by atoms with Gasteiger partial charge in [0.05, 0.1) is 17.1 Å². The van der Waals surface area contributed by atoms with E-state index in [0.29, 0.717) is 0 Å². The molecule has 0 spiro atoms. The van der Waals surface area contributed by atoms with E-state index in [1.54, 1.807) is 43.4 Å². The first-order chi connectivity index (χ1) is 40.0. The average molecular weight is 1090 g/mol. The molecule has 10 aromatic rings. The van der Waals surface area contributed by atoms with Gasteiger partial charge in [-0.1, -0.05) is 145 Å². The van der Waals surface area contributed by atoms with Gasteiger partial charge in [-0.15, -0.1) is 0 Å². The lowest BCUT2D eigenvalue weighted by atomic mass is 10.1. The molecular weight excluding hydrogens is 993 g/mol. The van der Waals surface area contributed by atoms with Crippen LogP contribution < -0.4 is 0 Å². The van der Waals surface area contributed by atoms with E-state index in [9.17, 15) is 0 Å². The molecule has 10 nitrogen and oxygen atoms in total. The quantitative estimate of drug-likeness (QED) is 0.109. The maximum atomic E-state index is 4.51. The Morgan fingerprint density at radius 1 is 0.284 bits per heavy atom. The maximum absolute atomic E-state index is 4.51. The van der Waals surface area contributed by atoms with Crippen LogP contribution in [0.4, 0.5) is 0 Å². The van der Waals surface area contributed by atoms with Crippen LogP contribution in [0.5, 0.6) is 0 Å². The van der Waals surface area contributed by atoms with Gasteiger partial charge >= 0.3 is 0 Å². The maximum Gasteiger partial charge on any atom is 0.0720 e. The van der Waals surface area contributed by atoms with Gasteiger partial charge in [-0.25, -0.2) is 0 Å². The monoisotopic (exact) mass is 1080 g/mol. The molecule has 81 heavy (non-hydrogen) atoms. The molecule has 10 heteroatoms. The van der Waals surface area contributed by atoms with Crippen LogP contribution in [0.2, 0.25) is 0 Å². The van der Waals surface area contributed by atoms with Crippen LogP contribution in [0.1, 0.15) is 138 Å². The van der Waals surface area contributed by atoms with E-state index >= 15 is 0 Å². The molecule has 0 aliphatic rings. The van der Waals surface area contributed by atoms with Gasteiger partial charge in [0, 0.05) is 144 Å². The first-order valence-corrected chi connectivity index (χ1v) is 29.2. The number of hydrogen-bond acceptors (Lipinski definition) is 10. The van der Waals surface area contributed by atoms with Crippen molar-refractivity contribution in [2.24, 2.45) is 0 Å². The number of aromatic nitrogens is 10. The van der Waals surface area contributed by atoms with Gasteiger partial charge in [-0.3, -0.25) is 49.8 Å². The minimum atomic E-state index is 0.964. The molecule has 0 aliphatic heterocycles. The number of rotatable bonds is 12. The van der Waals surface area contributed by atoms with Gasteiger partial charge in [0.2, 0.25) is 0 Å². The second-order valence-electron chi connectivity index (χ2n) is 16.5. The Bertz CT molecular complexity index is 2780. The molecule has 10 rings (SSSR count). The summed E-state index contributed by atoms with van der Waals surface area (Å²) in [7, 11) is 0. The lowest BCUT2D eigenvalue weighted by molar-refractivity contribution is 0.666. The first kappa shape index (κ1) is 70.5. The van der Waals surface area contributed by atoms with E-state index in [1.165, 1.54) is 42.4 Å². The molecule has 0 N–H and O–H groups in total. The third-order valence-corrected chi connectivity index (χ3v) is 11.0. The number of hydrogen-bond donors (Lipinski definition) is 0. The second kappa shape index (κ2) is 47.5. The largest absolute Gasteiger partial charge is 0.264 e. The summed E-state index contributed by atoms with van der Waals surface area (Å²) in [6.45, 7) is 28.6. The van der Waals surface area contributed by atoms with Crippen LogP contribution in [-0.2, 0) is 12.8 Å². The zero-order valence-corrected chi connectivity index (χ0v) is 51.2. The minimum Gasteiger partial charge on any atom is -0.264 e. The van der Waals surface area contributed by atoms with Gasteiger partial charge in [-0.2, -0.15) is 0 Å². The van der Waals surface area contributed by atoms with Gasteiger partial charge in [0.15, 0.2) is 0 Å². The van der Waals surface area contributed by atoms with Crippen LogP contribution in [0.15, 0.2) is 220 Å². The smallest absolute Gasteiger partial charge is 0.0720 e. The Morgan fingerprint density at radius 2 is 0.716 bits per heavy atom. The highest BCUT2D eigenvalue weighted by Crippen LogP contribution is 2.20. The molecule has 0 aromatic carbocycles. The highest BCUT2D eigenvalue weighted by Gasteiger charge is 2.03. The van der Waals surface area contributed by atoms with Crippen molar-refractivity contribution in [2.75, 3.05) is 0 Å². The molecule has 0 fully saturated rings. The third-order valence-electron chi connectivity index (χ3n) is 11.0. The van der Waals surface area contributed by atoms with Crippen molar-refractivity contribution in [1.29, 1.82) is 0 Å². The SMILES string of the molecule is CC.CC.CC.CC.CC.CCCCCCc1ccc(-c2cccnc2)nc1.CCCc1ccc(-c2cccnc2)cn1.Cc1cnc(-c2cccnc2)cc1C.c1ccc(-c2cccnc2)nc1.c1cncc(-c2cccnc2)c1. The van der Waals surface area contributed by atoms with E-state index < -0.39 is 0 Å². The molecule has 0 amide bonds. The molecule has 426 valence electrons. The van der Waals surface area contributed by atoms with E-state index in [4.69, 9.17) is 0 Å². The zero-order valence-electron chi connectivity index (χ0n) is 51.2. The Labute approximate surface area is 488 Å². The summed E-state index contributed by atoms with van der Waals surface area (Å²) in [5.41, 5.74) is 15.6. The first-order valence-electron chi connectivity index (χ1n) is 29.2. The summed E-state index contributed by atoms with van der Waals surface area (Å²) >= 11 is 0. The van der Waals surface area contributed by atoms with Gasteiger partial charge < -0.3 is 0 Å². The Kier molecular flexibility index (Phi) is 41.3. The highest BCUT2D eigenvalue weighted by molar-refractivity contribution is 5.62. The van der Waals surface area contributed by atoms with Crippen molar-refractivity contribution in [2.45, 2.75) is 142 Å². The number of unbranched alkanes of at least 4 members (excludes halogenated alkanes) is 3. The van der Waals surface area contributed by atoms with Gasteiger partial charge in [0.1, 0.15) is 0 Å². The summed E-state index contributed by atoms with van der Waals surface area (Å²) < 4.78 is 0. The van der Waals surface area contributed by atoms with Crippen molar-refractivity contribution in [3.8, 4) is 56.0 Å². The van der Waals surface area contributed by atoms with Crippen molar-refractivity contribution in [3.63, 3.8) is 0 Å². The topological polar surface area (TPSA) is 129 Å². The van der Waals surface area contributed by atoms with Crippen LogP contribution in [0.3, 0.4) is 0 Å². The molecule has 0 bridgehead atoms. The Hall–Kier alpha value is -8.50. The summed E-state index contributed by atoms with van der Waals surface area (Å²) in [6.07, 6.45) is 37.8. The fourth-order valence-corrected chi connectivity index (χ4v) is 6.96. The lowest BCUT2D eigenvalue weighted by Crippen LogP contribution is -1.89. The zero-order chi connectivity index (χ0) is 59.6. The number of pyridine rings is 10. The molecule has 0 atom stereocenters. The van der Waals surface area contributed by atoms with Crippen molar-refractivity contribution in [3.05, 3.63) is 243 Å².